The number of carbonyl (C=O) groups is 2. The number of pyridine rings is 1. The van der Waals surface area contributed by atoms with Crippen LogP contribution in [-0.4, -0.2) is 60.9 Å². The van der Waals surface area contributed by atoms with E-state index in [2.05, 4.69) is 27.8 Å². The van der Waals surface area contributed by atoms with Crippen LogP contribution in [0.5, 0.6) is 0 Å². The number of carboxylic acid groups (broad SMARTS) is 2. The number of hydrogen-bond acceptors (Lipinski definition) is 7. The summed E-state index contributed by atoms with van der Waals surface area (Å²) < 4.78 is 1.95. The molecule has 5 rings (SSSR count). The van der Waals surface area contributed by atoms with Crippen LogP contribution in [0.15, 0.2) is 17.5 Å². The summed E-state index contributed by atoms with van der Waals surface area (Å²) in [5, 5.41) is 31.0. The molecule has 202 valence electrons. The molecule has 11 nitrogen and oxygen atoms in total. The maximum atomic E-state index is 12.3. The number of amides is 1. The molecule has 0 aromatic carbocycles. The zero-order chi connectivity index (χ0) is 26.4. The van der Waals surface area contributed by atoms with Crippen LogP contribution in [0.2, 0.25) is 0 Å². The van der Waals surface area contributed by atoms with Crippen LogP contribution in [0, 0.1) is 5.92 Å². The third-order valence-corrected chi connectivity index (χ3v) is 7.69. The first-order valence-corrected chi connectivity index (χ1v) is 13.4. The van der Waals surface area contributed by atoms with Crippen LogP contribution in [0.25, 0.3) is 11.0 Å². The molecule has 2 aromatic rings. The van der Waals surface area contributed by atoms with Crippen molar-refractivity contribution in [3.63, 3.8) is 0 Å². The number of carbonyl (C=O) groups excluding carboxylic acids is 1. The molecular formula is C26H38N6O5. The molecular weight excluding hydrogens is 476 g/mol. The van der Waals surface area contributed by atoms with Gasteiger partial charge in [0, 0.05) is 43.2 Å². The van der Waals surface area contributed by atoms with E-state index >= 15 is 0 Å². The number of aryl methyl sites for hydroxylation is 1. The lowest BCUT2D eigenvalue weighted by atomic mass is 9.75. The molecule has 3 heterocycles. The third kappa shape index (κ3) is 6.14. The van der Waals surface area contributed by atoms with Crippen LogP contribution >= 0.6 is 0 Å². The molecule has 1 aliphatic heterocycles. The summed E-state index contributed by atoms with van der Waals surface area (Å²) in [6, 6.07) is 0.470. The Bertz CT molecular complexity index is 1130. The lowest BCUT2D eigenvalue weighted by Crippen LogP contribution is -2.40. The number of aromatic nitrogens is 3. The van der Waals surface area contributed by atoms with Crippen LogP contribution < -0.4 is 10.6 Å². The molecule has 2 aromatic heterocycles. The fourth-order valence-electron chi connectivity index (χ4n) is 5.74. The standard InChI is InChI=1S/C25H36N6O2.CH2O3/c1-3-26-24(32)17-10-12-25(13-11-17)14-21(30-33-25)19-15-27-23-20(16-28-31(23)4-2)22(19)29-18-8-6-5-7-9-18;2-1(3)4/h15-18H,3-14H2,1-2H3,(H,26,32)(H,27,29);(H2,2,3,4). The Morgan fingerprint density at radius 3 is 2.46 bits per heavy atom. The van der Waals surface area contributed by atoms with Gasteiger partial charge in [0.1, 0.15) is 5.60 Å². The van der Waals surface area contributed by atoms with E-state index in [1.165, 1.54) is 32.1 Å². The monoisotopic (exact) mass is 514 g/mol. The molecule has 3 aliphatic rings. The zero-order valence-electron chi connectivity index (χ0n) is 21.7. The van der Waals surface area contributed by atoms with Gasteiger partial charge in [-0.3, -0.25) is 4.79 Å². The summed E-state index contributed by atoms with van der Waals surface area (Å²) in [5.74, 6) is 0.262. The van der Waals surface area contributed by atoms with Gasteiger partial charge in [0.15, 0.2) is 5.65 Å². The summed E-state index contributed by atoms with van der Waals surface area (Å²) in [5.41, 5.74) is 3.72. The molecule has 37 heavy (non-hydrogen) atoms. The Balaban J connectivity index is 0.000000747. The molecule has 4 N–H and O–H groups in total. The third-order valence-electron chi connectivity index (χ3n) is 7.69. The highest BCUT2D eigenvalue weighted by atomic mass is 16.7. The Labute approximate surface area is 216 Å². The maximum absolute atomic E-state index is 12.3. The molecule has 0 atom stereocenters. The van der Waals surface area contributed by atoms with Crippen molar-refractivity contribution in [1.29, 1.82) is 0 Å². The molecule has 2 fully saturated rings. The maximum Gasteiger partial charge on any atom is 0.503 e. The summed E-state index contributed by atoms with van der Waals surface area (Å²) in [6.07, 6.45) is 12.5. The van der Waals surface area contributed by atoms with Gasteiger partial charge in [0.05, 0.1) is 23.0 Å². The van der Waals surface area contributed by atoms with Gasteiger partial charge in [-0.15, -0.1) is 0 Å². The summed E-state index contributed by atoms with van der Waals surface area (Å²) in [4.78, 5) is 31.7. The number of nitrogens with zero attached hydrogens (tertiary/aromatic N) is 4. The molecule has 0 bridgehead atoms. The zero-order valence-corrected chi connectivity index (χ0v) is 21.7. The van der Waals surface area contributed by atoms with Gasteiger partial charge in [-0.2, -0.15) is 5.10 Å². The van der Waals surface area contributed by atoms with Gasteiger partial charge in [0.2, 0.25) is 5.91 Å². The normalized spacial score (nSPS) is 23.6. The second-order valence-corrected chi connectivity index (χ2v) is 10.2. The average molecular weight is 515 g/mol. The number of anilines is 1. The predicted octanol–water partition coefficient (Wildman–Crippen LogP) is 4.61. The van der Waals surface area contributed by atoms with E-state index in [-0.39, 0.29) is 17.4 Å². The fourth-order valence-corrected chi connectivity index (χ4v) is 5.74. The molecule has 1 amide bonds. The van der Waals surface area contributed by atoms with Crippen LogP contribution in [0.1, 0.15) is 83.6 Å². The van der Waals surface area contributed by atoms with E-state index in [1.54, 1.807) is 0 Å². The minimum absolute atomic E-state index is 0.0876. The van der Waals surface area contributed by atoms with Crippen molar-refractivity contribution in [2.45, 2.75) is 96.2 Å². The fraction of sp³-hybridized carbons (Fsp3) is 0.654. The minimum atomic E-state index is -1.83. The summed E-state index contributed by atoms with van der Waals surface area (Å²) >= 11 is 0. The van der Waals surface area contributed by atoms with E-state index < -0.39 is 6.16 Å². The van der Waals surface area contributed by atoms with Gasteiger partial charge in [-0.25, -0.2) is 14.5 Å². The molecule has 0 unspecified atom stereocenters. The Morgan fingerprint density at radius 1 is 1.11 bits per heavy atom. The highest BCUT2D eigenvalue weighted by molar-refractivity contribution is 6.10. The SMILES string of the molecule is CCNC(=O)C1CCC2(CC1)CC(c1cnc3c(cnn3CC)c1NC1CCCCC1)=NO2.O=C(O)O. The Morgan fingerprint density at radius 2 is 1.81 bits per heavy atom. The molecule has 2 aliphatic carbocycles. The van der Waals surface area contributed by atoms with Gasteiger partial charge < -0.3 is 25.7 Å². The van der Waals surface area contributed by atoms with Crippen molar-refractivity contribution in [2.75, 3.05) is 11.9 Å². The molecule has 1 spiro atoms. The lowest BCUT2D eigenvalue weighted by Gasteiger charge is -2.34. The lowest BCUT2D eigenvalue weighted by molar-refractivity contribution is -0.128. The molecule has 0 radical (unpaired) electrons. The van der Waals surface area contributed by atoms with Gasteiger partial charge >= 0.3 is 6.16 Å². The molecule has 2 saturated carbocycles. The van der Waals surface area contributed by atoms with Crippen molar-refractivity contribution in [2.24, 2.45) is 11.1 Å². The highest BCUT2D eigenvalue weighted by Gasteiger charge is 2.44. The second-order valence-electron chi connectivity index (χ2n) is 10.2. The number of rotatable bonds is 6. The van der Waals surface area contributed by atoms with E-state index in [0.29, 0.717) is 12.6 Å². The first kappa shape index (κ1) is 26.7. The van der Waals surface area contributed by atoms with E-state index in [1.807, 2.05) is 24.0 Å². The predicted molar refractivity (Wildman–Crippen MR) is 140 cm³/mol. The number of nitrogens with one attached hydrogen (secondary N) is 2. The van der Waals surface area contributed by atoms with Crippen molar-refractivity contribution < 1.29 is 24.6 Å². The number of hydrogen-bond donors (Lipinski definition) is 4. The van der Waals surface area contributed by atoms with Crippen molar-refractivity contribution in [3.05, 3.63) is 18.0 Å². The summed E-state index contributed by atoms with van der Waals surface area (Å²) in [7, 11) is 0. The average Bonchev–Trinajstić information content (AvgIpc) is 3.50. The second kappa shape index (κ2) is 11.8. The van der Waals surface area contributed by atoms with Crippen LogP contribution in [0.4, 0.5) is 10.5 Å². The number of fused-ring (bicyclic) bond motifs is 1. The Kier molecular flexibility index (Phi) is 8.50. The van der Waals surface area contributed by atoms with E-state index in [4.69, 9.17) is 24.8 Å². The highest BCUT2D eigenvalue weighted by Crippen LogP contribution is 2.43. The van der Waals surface area contributed by atoms with E-state index in [0.717, 1.165) is 66.6 Å². The Hall–Kier alpha value is -3.37. The summed E-state index contributed by atoms with van der Waals surface area (Å²) in [6.45, 7) is 5.53. The van der Waals surface area contributed by atoms with Crippen molar-refractivity contribution >= 4 is 34.5 Å². The minimum Gasteiger partial charge on any atom is -0.450 e. The van der Waals surface area contributed by atoms with Crippen LogP contribution in [-0.2, 0) is 16.2 Å². The van der Waals surface area contributed by atoms with Gasteiger partial charge in [0.25, 0.3) is 0 Å². The first-order valence-electron chi connectivity index (χ1n) is 13.4. The largest absolute Gasteiger partial charge is 0.503 e. The smallest absolute Gasteiger partial charge is 0.450 e. The topological polar surface area (TPSA) is 151 Å². The van der Waals surface area contributed by atoms with Crippen molar-refractivity contribution in [1.82, 2.24) is 20.1 Å². The van der Waals surface area contributed by atoms with Gasteiger partial charge in [-0.05, 0) is 52.4 Å². The quantitative estimate of drug-likeness (QED) is 0.436. The van der Waals surface area contributed by atoms with Crippen molar-refractivity contribution in [3.8, 4) is 0 Å². The number of oxime groups is 1. The van der Waals surface area contributed by atoms with E-state index in [9.17, 15) is 4.79 Å². The molecule has 0 saturated heterocycles. The van der Waals surface area contributed by atoms with Crippen LogP contribution in [0.3, 0.4) is 0 Å². The van der Waals surface area contributed by atoms with Gasteiger partial charge in [-0.1, -0.05) is 24.4 Å². The molecule has 11 heteroatoms. The first-order chi connectivity index (χ1) is 17.9.